The van der Waals surface area contributed by atoms with E-state index in [4.69, 9.17) is 58.6 Å². The van der Waals surface area contributed by atoms with Crippen molar-refractivity contribution < 1.29 is 109 Å². The van der Waals surface area contributed by atoms with Crippen LogP contribution in [-0.4, -0.2) is 258 Å². The smallest absolute Gasteiger partial charge is 0.394 e. The van der Waals surface area contributed by atoms with Crippen LogP contribution in [0.4, 0.5) is 9.05 Å². The van der Waals surface area contributed by atoms with E-state index in [1.807, 2.05) is 0 Å². The van der Waals surface area contributed by atoms with Crippen molar-refractivity contribution in [1.82, 2.24) is 0 Å². The number of quaternary nitrogens is 5. The molecule has 0 amide bonds. The maximum absolute atomic E-state index is 10.4. The van der Waals surface area contributed by atoms with Crippen molar-refractivity contribution in [2.24, 2.45) is 0 Å². The van der Waals surface area contributed by atoms with Crippen molar-refractivity contribution >= 4 is 31.2 Å². The van der Waals surface area contributed by atoms with Crippen LogP contribution in [0.5, 0.6) is 0 Å². The number of carbonyl (C=O) groups is 4. The lowest BCUT2D eigenvalue weighted by Gasteiger charge is -2.35. The Morgan fingerprint density at radius 2 is 0.529 bits per heavy atom. The number of halogens is 2. The molecule has 0 saturated carbocycles. The highest BCUT2D eigenvalue weighted by molar-refractivity contribution is 6.27. The number of hydrogen-bond donors (Lipinski definition) is 0. The van der Waals surface area contributed by atoms with Crippen molar-refractivity contribution in [3.63, 3.8) is 0 Å². The van der Waals surface area contributed by atoms with Crippen molar-refractivity contribution in [3.8, 4) is 0 Å². The van der Waals surface area contributed by atoms with Crippen molar-refractivity contribution in [3.05, 3.63) is 63.3 Å². The van der Waals surface area contributed by atoms with E-state index in [1.165, 1.54) is 0 Å². The van der Waals surface area contributed by atoms with Crippen LogP contribution in [-0.2, 0) is 52.7 Å². The minimum Gasteiger partial charge on any atom is -0.907 e. The SMILES string of the molecule is C=CCOCC[N+](C)(C)C.C=CCOCC[N+](C)(C)C.C=CCOCC[N+](C)(C)C.C=CCOCC[N+](C)(C)C.C=CCOCC[N+](C)(C)C.O=C([O-])C(=O)OF.O=C([O-])C(=O)OF.[O-]B([O-])[O-]. The van der Waals surface area contributed by atoms with Gasteiger partial charge in [0.25, 0.3) is 0 Å². The molecule has 404 valence electrons. The van der Waals surface area contributed by atoms with Crippen LogP contribution < -0.4 is 25.3 Å². The fourth-order valence-electron chi connectivity index (χ4n) is 2.59. The van der Waals surface area contributed by atoms with Gasteiger partial charge >= 0.3 is 11.9 Å². The zero-order valence-corrected chi connectivity index (χ0v) is 44.1. The molecule has 0 N–H and O–H groups in total. The Morgan fingerprint density at radius 3 is 0.588 bits per heavy atom. The molecule has 0 bridgehead atoms. The minimum atomic E-state index is -2.92. The zero-order chi connectivity index (χ0) is 55.5. The highest BCUT2D eigenvalue weighted by atomic mass is 19.3. The van der Waals surface area contributed by atoms with E-state index in [0.717, 1.165) is 88.2 Å². The number of ether oxygens (including phenoxy) is 5. The summed E-state index contributed by atoms with van der Waals surface area (Å²) < 4.78 is 51.6. The molecule has 0 heterocycles. The summed E-state index contributed by atoms with van der Waals surface area (Å²) in [7, 11) is 29.3. The topological polar surface area (TPSA) is 248 Å². The molecule has 0 aliphatic carbocycles. The number of carbonyl (C=O) groups excluding carboxylic acids is 4. The Balaban J connectivity index is -0.000000102. The number of rotatable bonds is 25. The predicted octanol–water partition coefficient (Wildman–Crippen LogP) is -3.14. The number of aliphatic carboxylic acids is 2. The predicted molar refractivity (Wildman–Crippen MR) is 250 cm³/mol. The van der Waals surface area contributed by atoms with Gasteiger partial charge in [-0.1, -0.05) is 30.4 Å². The maximum atomic E-state index is 10.4. The van der Waals surface area contributed by atoms with E-state index < -0.39 is 31.2 Å². The molecule has 21 nitrogen and oxygen atoms in total. The minimum absolute atomic E-state index is 0.667. The second-order valence-electron chi connectivity index (χ2n) is 18.5. The van der Waals surface area contributed by atoms with Gasteiger partial charge < -0.3 is 81.0 Å². The molecular formula is C44H90BF2N5O16. The van der Waals surface area contributed by atoms with Gasteiger partial charge in [-0.3, -0.25) is 7.32 Å². The van der Waals surface area contributed by atoms with E-state index >= 15 is 0 Å². The van der Waals surface area contributed by atoms with Gasteiger partial charge in [0.15, 0.2) is 11.9 Å². The van der Waals surface area contributed by atoms with Gasteiger partial charge in [0, 0.05) is 9.05 Å². The third-order valence-electron chi connectivity index (χ3n) is 6.18. The lowest BCUT2D eigenvalue weighted by molar-refractivity contribution is -0.870. The standard InChI is InChI=1S/5C8H18NO.2C2HFO4.BO3/c5*1-5-7-10-8-6-9(2,3)4;2*3-7-2(6)1(4)5;2-1(3)4/h5*5H,1,6-8H2,2-4H3;2*(H,4,5);/q5*+1;;;-3/p-2. The highest BCUT2D eigenvalue weighted by Crippen LogP contribution is 1.92. The quantitative estimate of drug-likeness (QED) is 0.0288. The number of likely N-dealkylation sites (N-methyl/N-ethyl adjacent to an activating group) is 5. The molecule has 0 aromatic rings. The number of nitrogens with zero attached hydrogens (tertiary/aromatic N) is 5. The average Bonchev–Trinajstić information content (AvgIpc) is 3.19. The first kappa shape index (κ1) is 81.0. The van der Waals surface area contributed by atoms with Crippen LogP contribution in [0.3, 0.4) is 0 Å². The molecule has 0 aliphatic heterocycles. The van der Waals surface area contributed by atoms with Gasteiger partial charge in [-0.25, -0.2) is 19.5 Å². The fourth-order valence-corrected chi connectivity index (χ4v) is 2.59. The molecule has 0 atom stereocenters. The summed E-state index contributed by atoms with van der Waals surface area (Å²) in [4.78, 5) is 41.1. The highest BCUT2D eigenvalue weighted by Gasteiger charge is 2.07. The van der Waals surface area contributed by atoms with Gasteiger partial charge in [0.05, 0.1) is 172 Å². The first-order valence-corrected chi connectivity index (χ1v) is 20.9. The summed E-state index contributed by atoms with van der Waals surface area (Å²) in [5, 5.41) is 43.5. The van der Waals surface area contributed by atoms with Crippen molar-refractivity contribution in [2.75, 3.05) is 205 Å². The van der Waals surface area contributed by atoms with E-state index in [2.05, 4.69) is 148 Å². The molecule has 0 aliphatic rings. The number of carboxylic acid groups (broad SMARTS) is 2. The summed E-state index contributed by atoms with van der Waals surface area (Å²) in [6, 6.07) is 0. The number of hydrogen-bond acceptors (Lipinski definition) is 16. The Bertz CT molecular complexity index is 1070. The summed E-state index contributed by atoms with van der Waals surface area (Å²) >= 11 is 0. The molecule has 0 saturated heterocycles. The van der Waals surface area contributed by atoms with E-state index in [-0.39, 0.29) is 0 Å². The summed E-state index contributed by atoms with van der Waals surface area (Å²) in [5.74, 6) is -8.41. The van der Waals surface area contributed by atoms with Gasteiger partial charge in [0.1, 0.15) is 32.7 Å². The largest absolute Gasteiger partial charge is 0.907 e. The summed E-state index contributed by atoms with van der Waals surface area (Å²) in [6.45, 7) is 30.5. The lowest BCUT2D eigenvalue weighted by atomic mass is 10.3. The molecule has 0 aromatic carbocycles. The average molecular weight is 994 g/mol. The molecule has 0 spiro atoms. The molecule has 68 heavy (non-hydrogen) atoms. The van der Waals surface area contributed by atoms with Gasteiger partial charge in [-0.2, -0.15) is 0 Å². The Morgan fingerprint density at radius 1 is 0.397 bits per heavy atom. The van der Waals surface area contributed by atoms with E-state index in [1.54, 1.807) is 30.4 Å². The molecular weight excluding hydrogens is 903 g/mol. The second-order valence-corrected chi connectivity index (χ2v) is 18.5. The molecule has 0 rings (SSSR count). The third kappa shape index (κ3) is 125. The van der Waals surface area contributed by atoms with Crippen LogP contribution in [0.25, 0.3) is 0 Å². The lowest BCUT2D eigenvalue weighted by Crippen LogP contribution is -2.56. The molecule has 0 fully saturated rings. The summed E-state index contributed by atoms with van der Waals surface area (Å²) in [6.07, 6.45) is 8.87. The van der Waals surface area contributed by atoms with Gasteiger partial charge in [-0.15, -0.1) is 32.9 Å². The zero-order valence-electron chi connectivity index (χ0n) is 44.1. The molecule has 24 heteroatoms. The summed E-state index contributed by atoms with van der Waals surface area (Å²) in [5.41, 5.74) is 0. The Hall–Kier alpha value is -4.02. The van der Waals surface area contributed by atoms with Crippen molar-refractivity contribution in [1.29, 1.82) is 0 Å². The van der Waals surface area contributed by atoms with Crippen LogP contribution in [0.15, 0.2) is 63.3 Å². The van der Waals surface area contributed by atoms with Crippen LogP contribution in [0.1, 0.15) is 0 Å². The third-order valence-corrected chi connectivity index (χ3v) is 6.18. The van der Waals surface area contributed by atoms with Crippen LogP contribution in [0.2, 0.25) is 0 Å². The van der Waals surface area contributed by atoms with E-state index in [9.17, 15) is 18.6 Å². The Kier molecular flexibility index (Phi) is 62.4. The van der Waals surface area contributed by atoms with E-state index in [0.29, 0.717) is 33.0 Å². The molecule has 0 aromatic heterocycles. The van der Waals surface area contributed by atoms with Gasteiger partial charge in [-0.05, 0) is 0 Å². The second kappa shape index (κ2) is 52.4. The monoisotopic (exact) mass is 994 g/mol. The number of carboxylic acids is 2. The fraction of sp³-hybridized carbons (Fsp3) is 0.682. The molecule has 0 unspecified atom stereocenters. The molecule has 0 radical (unpaired) electrons. The first-order valence-electron chi connectivity index (χ1n) is 20.9. The van der Waals surface area contributed by atoms with Gasteiger partial charge in [0.2, 0.25) is 0 Å². The normalized spacial score (nSPS) is 10.4. The van der Waals surface area contributed by atoms with Crippen LogP contribution in [0, 0.1) is 0 Å². The van der Waals surface area contributed by atoms with Crippen LogP contribution >= 0.6 is 0 Å². The van der Waals surface area contributed by atoms with Crippen molar-refractivity contribution in [2.45, 2.75) is 0 Å². The maximum Gasteiger partial charge on any atom is 0.394 e. The Labute approximate surface area is 407 Å². The first-order chi connectivity index (χ1) is 30.9.